The normalized spacial score (nSPS) is 11.7. The first-order valence-electron chi connectivity index (χ1n) is 6.84. The molecule has 6 heteroatoms. The van der Waals surface area contributed by atoms with Crippen LogP contribution in [0, 0.1) is 5.82 Å². The van der Waals surface area contributed by atoms with E-state index in [1.54, 1.807) is 42.4 Å². The molecule has 2 aromatic rings. The summed E-state index contributed by atoms with van der Waals surface area (Å²) in [6, 6.07) is 6.65. The van der Waals surface area contributed by atoms with E-state index in [2.05, 4.69) is 15.6 Å². The van der Waals surface area contributed by atoms with Gasteiger partial charge in [-0.1, -0.05) is 6.92 Å². The number of hydrogen-bond donors (Lipinski definition) is 1. The largest absolute Gasteiger partial charge is 0.384 e. The zero-order valence-corrected chi connectivity index (χ0v) is 12.2. The van der Waals surface area contributed by atoms with E-state index < -0.39 is 0 Å². The summed E-state index contributed by atoms with van der Waals surface area (Å²) in [6.07, 6.45) is 4.94. The molecule has 0 atom stereocenters. The molecule has 0 saturated heterocycles. The Morgan fingerprint density at radius 1 is 1.48 bits per heavy atom. The summed E-state index contributed by atoms with van der Waals surface area (Å²) in [4.78, 5) is 0. The van der Waals surface area contributed by atoms with Crippen molar-refractivity contribution >= 4 is 11.4 Å². The minimum atomic E-state index is -0.367. The van der Waals surface area contributed by atoms with Crippen molar-refractivity contribution in [3.63, 3.8) is 0 Å². The Morgan fingerprint density at radius 3 is 2.95 bits per heavy atom. The summed E-state index contributed by atoms with van der Waals surface area (Å²) in [5, 5.41) is 8.29. The van der Waals surface area contributed by atoms with Gasteiger partial charge in [-0.05, 0) is 24.6 Å². The molecule has 5 nitrogen and oxygen atoms in total. The van der Waals surface area contributed by atoms with Crippen LogP contribution in [0.1, 0.15) is 19.8 Å². The van der Waals surface area contributed by atoms with Crippen molar-refractivity contribution in [2.45, 2.75) is 19.8 Å². The molecule has 0 bridgehead atoms. The predicted molar refractivity (Wildman–Crippen MR) is 81.4 cm³/mol. The van der Waals surface area contributed by atoms with Crippen LogP contribution in [-0.2, 0) is 4.74 Å². The van der Waals surface area contributed by atoms with Crippen molar-refractivity contribution < 1.29 is 9.13 Å². The third kappa shape index (κ3) is 4.13. The first-order valence-corrected chi connectivity index (χ1v) is 6.84. The maximum absolute atomic E-state index is 14.1. The molecule has 1 N–H and O–H groups in total. The van der Waals surface area contributed by atoms with E-state index in [9.17, 15) is 4.39 Å². The summed E-state index contributed by atoms with van der Waals surface area (Å²) in [7, 11) is 1.65. The van der Waals surface area contributed by atoms with Crippen molar-refractivity contribution in [2.24, 2.45) is 5.10 Å². The van der Waals surface area contributed by atoms with E-state index >= 15 is 0 Å². The summed E-state index contributed by atoms with van der Waals surface area (Å²) < 4.78 is 20.7. The Bertz CT molecular complexity index is 596. The fourth-order valence-corrected chi connectivity index (χ4v) is 1.83. The molecule has 0 amide bonds. The number of aromatic nitrogens is 2. The van der Waals surface area contributed by atoms with Crippen LogP contribution in [0.4, 0.5) is 10.1 Å². The van der Waals surface area contributed by atoms with Gasteiger partial charge in [-0.3, -0.25) is 5.43 Å². The van der Waals surface area contributed by atoms with Crippen LogP contribution in [0.25, 0.3) is 5.69 Å². The van der Waals surface area contributed by atoms with Crippen molar-refractivity contribution in [1.82, 2.24) is 9.78 Å². The van der Waals surface area contributed by atoms with E-state index in [4.69, 9.17) is 4.74 Å². The number of rotatable bonds is 7. The molecular formula is C15H19FN4O. The second kappa shape index (κ2) is 7.54. The highest BCUT2D eigenvalue weighted by Crippen LogP contribution is 2.18. The van der Waals surface area contributed by atoms with Gasteiger partial charge in [-0.2, -0.15) is 10.2 Å². The number of ether oxygens (including phenoxy) is 1. The lowest BCUT2D eigenvalue weighted by Crippen LogP contribution is -2.05. The zero-order chi connectivity index (χ0) is 15.1. The van der Waals surface area contributed by atoms with Gasteiger partial charge in [0.15, 0.2) is 0 Å². The van der Waals surface area contributed by atoms with Gasteiger partial charge in [-0.15, -0.1) is 0 Å². The van der Waals surface area contributed by atoms with Gasteiger partial charge in [0.1, 0.15) is 5.82 Å². The van der Waals surface area contributed by atoms with Crippen LogP contribution in [0.5, 0.6) is 0 Å². The number of benzene rings is 1. The maximum Gasteiger partial charge on any atom is 0.150 e. The van der Waals surface area contributed by atoms with Gasteiger partial charge in [-0.25, -0.2) is 9.07 Å². The Balaban J connectivity index is 2.09. The molecule has 21 heavy (non-hydrogen) atoms. The van der Waals surface area contributed by atoms with Gasteiger partial charge >= 0.3 is 0 Å². The number of anilines is 1. The lowest BCUT2D eigenvalue weighted by atomic mass is 10.2. The highest BCUT2D eigenvalue weighted by molar-refractivity contribution is 5.85. The summed E-state index contributed by atoms with van der Waals surface area (Å²) in [5.41, 5.74) is 4.72. The number of halogens is 1. The van der Waals surface area contributed by atoms with Crippen LogP contribution in [-0.4, -0.2) is 29.2 Å². The second-order valence-corrected chi connectivity index (χ2v) is 4.50. The van der Waals surface area contributed by atoms with E-state index in [1.807, 2.05) is 6.92 Å². The third-order valence-electron chi connectivity index (χ3n) is 3.06. The molecule has 0 aliphatic carbocycles. The summed E-state index contributed by atoms with van der Waals surface area (Å²) >= 11 is 0. The highest BCUT2D eigenvalue weighted by atomic mass is 19.1. The highest BCUT2D eigenvalue weighted by Gasteiger charge is 2.05. The fraction of sp³-hybridized carbons (Fsp3) is 0.333. The van der Waals surface area contributed by atoms with E-state index in [-0.39, 0.29) is 5.82 Å². The fourth-order valence-electron chi connectivity index (χ4n) is 1.83. The minimum absolute atomic E-state index is 0.342. The van der Waals surface area contributed by atoms with Gasteiger partial charge in [0, 0.05) is 37.7 Å². The molecule has 0 saturated carbocycles. The Kier molecular flexibility index (Phi) is 5.45. The average molecular weight is 290 g/mol. The molecule has 0 aliphatic rings. The first kappa shape index (κ1) is 15.2. The molecule has 0 radical (unpaired) electrons. The monoisotopic (exact) mass is 290 g/mol. The molecule has 1 aromatic carbocycles. The Morgan fingerprint density at radius 2 is 2.33 bits per heavy atom. The van der Waals surface area contributed by atoms with Crippen molar-refractivity contribution in [3.8, 4) is 5.69 Å². The van der Waals surface area contributed by atoms with Gasteiger partial charge < -0.3 is 4.74 Å². The minimum Gasteiger partial charge on any atom is -0.384 e. The van der Waals surface area contributed by atoms with E-state index in [1.165, 1.54) is 6.07 Å². The molecule has 112 valence electrons. The molecule has 0 unspecified atom stereocenters. The molecule has 0 fully saturated rings. The molecule has 0 aliphatic heterocycles. The van der Waals surface area contributed by atoms with Crippen LogP contribution >= 0.6 is 0 Å². The molecule has 2 rings (SSSR count). The number of hydrazone groups is 1. The number of nitrogens with one attached hydrogen (secondary N) is 1. The van der Waals surface area contributed by atoms with E-state index in [0.29, 0.717) is 18.0 Å². The molecule has 1 heterocycles. The van der Waals surface area contributed by atoms with E-state index in [0.717, 1.165) is 18.6 Å². The standard InChI is InChI=1S/C15H19FN4O/c1-3-12(7-10-21-2)18-19-15-6-5-13(11-14(15)16)20-9-4-8-17-20/h4-6,8-9,11,19H,3,7,10H2,1-2H3. The SMILES string of the molecule is CCC(CCOC)=NNc1ccc(-n2cccn2)cc1F. The van der Waals surface area contributed by atoms with Crippen LogP contribution in [0.2, 0.25) is 0 Å². The lowest BCUT2D eigenvalue weighted by Gasteiger charge is -2.08. The predicted octanol–water partition coefficient (Wildman–Crippen LogP) is 3.23. The topological polar surface area (TPSA) is 51.4 Å². The maximum atomic E-state index is 14.1. The molecule has 1 aromatic heterocycles. The summed E-state index contributed by atoms with van der Waals surface area (Å²) in [5.74, 6) is -0.367. The number of hydrogen-bond acceptors (Lipinski definition) is 4. The smallest absolute Gasteiger partial charge is 0.150 e. The third-order valence-corrected chi connectivity index (χ3v) is 3.06. The van der Waals surface area contributed by atoms with Crippen molar-refractivity contribution in [1.29, 1.82) is 0 Å². The average Bonchev–Trinajstić information content (AvgIpc) is 3.03. The molecular weight excluding hydrogens is 271 g/mol. The first-order chi connectivity index (χ1) is 10.2. The Hall–Kier alpha value is -2.21. The second-order valence-electron chi connectivity index (χ2n) is 4.50. The van der Waals surface area contributed by atoms with Crippen LogP contribution in [0.3, 0.4) is 0 Å². The van der Waals surface area contributed by atoms with Gasteiger partial charge in [0.2, 0.25) is 0 Å². The molecule has 0 spiro atoms. The Labute approximate surface area is 123 Å². The quantitative estimate of drug-likeness (QED) is 0.629. The van der Waals surface area contributed by atoms with Crippen molar-refractivity contribution in [2.75, 3.05) is 19.1 Å². The van der Waals surface area contributed by atoms with Crippen LogP contribution < -0.4 is 5.43 Å². The number of methoxy groups -OCH3 is 1. The van der Waals surface area contributed by atoms with Gasteiger partial charge in [0.25, 0.3) is 0 Å². The van der Waals surface area contributed by atoms with Crippen LogP contribution in [0.15, 0.2) is 41.8 Å². The lowest BCUT2D eigenvalue weighted by molar-refractivity contribution is 0.207. The summed E-state index contributed by atoms with van der Waals surface area (Å²) in [6.45, 7) is 2.61. The van der Waals surface area contributed by atoms with Crippen molar-refractivity contribution in [3.05, 3.63) is 42.5 Å². The zero-order valence-electron chi connectivity index (χ0n) is 12.2. The van der Waals surface area contributed by atoms with Gasteiger partial charge in [0.05, 0.1) is 18.0 Å². The number of nitrogens with zero attached hydrogens (tertiary/aromatic N) is 3.